The molecule has 0 bridgehead atoms. The molecule has 0 radical (unpaired) electrons. The van der Waals surface area contributed by atoms with E-state index in [1.54, 1.807) is 11.3 Å². The van der Waals surface area contributed by atoms with Crippen LogP contribution in [0.25, 0.3) is 21.5 Å². The van der Waals surface area contributed by atoms with Gasteiger partial charge in [0.1, 0.15) is 5.01 Å². The number of aromatic nitrogens is 2. The summed E-state index contributed by atoms with van der Waals surface area (Å²) in [5, 5.41) is 7.95. The summed E-state index contributed by atoms with van der Waals surface area (Å²) in [4.78, 5) is 9.16. The van der Waals surface area contributed by atoms with Gasteiger partial charge in [-0.1, -0.05) is 6.07 Å². The highest BCUT2D eigenvalue weighted by molar-refractivity contribution is 7.13. The van der Waals surface area contributed by atoms with Crippen LogP contribution < -0.4 is 5.32 Å². The van der Waals surface area contributed by atoms with E-state index >= 15 is 0 Å². The summed E-state index contributed by atoms with van der Waals surface area (Å²) in [6.07, 6.45) is 4.28. The number of nitrogens with zero attached hydrogens (tertiary/aromatic N) is 2. The Morgan fingerprint density at radius 3 is 3.15 bits per heavy atom. The average Bonchev–Trinajstić information content (AvgIpc) is 3.17. The number of hydrogen-bond acceptors (Lipinski definition) is 4. The molecule has 1 N–H and O–H groups in total. The Morgan fingerprint density at radius 1 is 1.25 bits per heavy atom. The Bertz CT molecular complexity index is 744. The molecule has 1 aromatic carbocycles. The average molecular weight is 281 g/mol. The lowest BCUT2D eigenvalue weighted by atomic mass is 10.1. The maximum absolute atomic E-state index is 4.80. The van der Waals surface area contributed by atoms with Gasteiger partial charge in [-0.15, -0.1) is 11.3 Å². The zero-order valence-electron chi connectivity index (χ0n) is 11.0. The third kappa shape index (κ3) is 2.11. The SMILES string of the molecule is c1cnc2ccc(-c3nc(C4CCCN4)cs3)cc2c1. The van der Waals surface area contributed by atoms with Gasteiger partial charge in [0.05, 0.1) is 17.3 Å². The van der Waals surface area contributed by atoms with Gasteiger partial charge in [-0.3, -0.25) is 4.98 Å². The van der Waals surface area contributed by atoms with E-state index in [9.17, 15) is 0 Å². The van der Waals surface area contributed by atoms with Crippen LogP contribution in [0.15, 0.2) is 41.9 Å². The predicted molar refractivity (Wildman–Crippen MR) is 82.8 cm³/mol. The molecule has 0 spiro atoms. The van der Waals surface area contributed by atoms with Crippen molar-refractivity contribution in [3.63, 3.8) is 0 Å². The van der Waals surface area contributed by atoms with Crippen LogP contribution in [0.2, 0.25) is 0 Å². The molecule has 3 aromatic rings. The van der Waals surface area contributed by atoms with Gasteiger partial charge in [0.15, 0.2) is 0 Å². The molecular formula is C16H15N3S. The molecule has 1 saturated heterocycles. The van der Waals surface area contributed by atoms with Gasteiger partial charge >= 0.3 is 0 Å². The van der Waals surface area contributed by atoms with Gasteiger partial charge in [-0.2, -0.15) is 0 Å². The van der Waals surface area contributed by atoms with Gasteiger partial charge in [-0.05, 0) is 43.7 Å². The second kappa shape index (κ2) is 4.96. The minimum absolute atomic E-state index is 0.446. The molecule has 2 aromatic heterocycles. The van der Waals surface area contributed by atoms with E-state index in [4.69, 9.17) is 4.98 Å². The first-order valence-corrected chi connectivity index (χ1v) is 7.82. The van der Waals surface area contributed by atoms with E-state index in [0.29, 0.717) is 6.04 Å². The molecule has 3 heterocycles. The van der Waals surface area contributed by atoms with Crippen molar-refractivity contribution >= 4 is 22.2 Å². The van der Waals surface area contributed by atoms with Crippen molar-refractivity contribution in [3.05, 3.63) is 47.6 Å². The summed E-state index contributed by atoms with van der Waals surface area (Å²) in [6, 6.07) is 10.9. The highest BCUT2D eigenvalue weighted by atomic mass is 32.1. The maximum Gasteiger partial charge on any atom is 0.123 e. The lowest BCUT2D eigenvalue weighted by Crippen LogP contribution is -2.12. The number of thiazole rings is 1. The van der Waals surface area contributed by atoms with Gasteiger partial charge in [0.2, 0.25) is 0 Å². The van der Waals surface area contributed by atoms with Crippen molar-refractivity contribution in [2.45, 2.75) is 18.9 Å². The highest BCUT2D eigenvalue weighted by Gasteiger charge is 2.19. The summed E-state index contributed by atoms with van der Waals surface area (Å²) < 4.78 is 0. The minimum Gasteiger partial charge on any atom is -0.309 e. The molecule has 4 rings (SSSR count). The highest BCUT2D eigenvalue weighted by Crippen LogP contribution is 2.30. The second-order valence-electron chi connectivity index (χ2n) is 5.14. The van der Waals surface area contributed by atoms with Crippen molar-refractivity contribution < 1.29 is 0 Å². The first-order chi connectivity index (χ1) is 9.90. The van der Waals surface area contributed by atoms with Crippen LogP contribution in [-0.2, 0) is 0 Å². The number of nitrogens with one attached hydrogen (secondary N) is 1. The zero-order valence-corrected chi connectivity index (χ0v) is 11.9. The van der Waals surface area contributed by atoms with Crippen molar-refractivity contribution in [2.24, 2.45) is 0 Å². The molecule has 1 aliphatic rings. The first-order valence-electron chi connectivity index (χ1n) is 6.94. The third-order valence-electron chi connectivity index (χ3n) is 3.79. The molecule has 1 unspecified atom stereocenters. The van der Waals surface area contributed by atoms with Gasteiger partial charge in [0.25, 0.3) is 0 Å². The smallest absolute Gasteiger partial charge is 0.123 e. The summed E-state index contributed by atoms with van der Waals surface area (Å²) in [5.41, 5.74) is 3.40. The van der Waals surface area contributed by atoms with E-state index in [1.165, 1.54) is 29.5 Å². The van der Waals surface area contributed by atoms with Crippen LogP contribution in [0.1, 0.15) is 24.6 Å². The number of rotatable bonds is 2. The number of hydrogen-bond donors (Lipinski definition) is 1. The Hall–Kier alpha value is -1.78. The summed E-state index contributed by atoms with van der Waals surface area (Å²) in [7, 11) is 0. The summed E-state index contributed by atoms with van der Waals surface area (Å²) in [6.45, 7) is 1.11. The summed E-state index contributed by atoms with van der Waals surface area (Å²) in [5.74, 6) is 0. The van der Waals surface area contributed by atoms with Crippen LogP contribution in [-0.4, -0.2) is 16.5 Å². The molecule has 0 amide bonds. The Labute approximate surface area is 121 Å². The number of benzene rings is 1. The van der Waals surface area contributed by atoms with Crippen LogP contribution in [0.4, 0.5) is 0 Å². The molecule has 100 valence electrons. The standard InChI is InChI=1S/C16H15N3S/c1-3-11-9-12(5-6-13(11)17-7-1)16-19-15(10-20-16)14-4-2-8-18-14/h1,3,5-7,9-10,14,18H,2,4,8H2. The van der Waals surface area contributed by atoms with Crippen molar-refractivity contribution in [3.8, 4) is 10.6 Å². The van der Waals surface area contributed by atoms with E-state index in [2.05, 4.69) is 39.9 Å². The normalized spacial score (nSPS) is 18.7. The topological polar surface area (TPSA) is 37.8 Å². The number of fused-ring (bicyclic) bond motifs is 1. The van der Waals surface area contributed by atoms with Crippen LogP contribution >= 0.6 is 11.3 Å². The monoisotopic (exact) mass is 281 g/mol. The second-order valence-corrected chi connectivity index (χ2v) is 6.00. The first kappa shape index (κ1) is 12.0. The van der Waals surface area contributed by atoms with E-state index < -0.39 is 0 Å². The Balaban J connectivity index is 1.71. The van der Waals surface area contributed by atoms with Gasteiger partial charge < -0.3 is 5.32 Å². The van der Waals surface area contributed by atoms with Crippen molar-refractivity contribution in [1.82, 2.24) is 15.3 Å². The minimum atomic E-state index is 0.446. The van der Waals surface area contributed by atoms with E-state index in [-0.39, 0.29) is 0 Å². The van der Waals surface area contributed by atoms with Gasteiger partial charge in [0, 0.05) is 22.5 Å². The summed E-state index contributed by atoms with van der Waals surface area (Å²) >= 11 is 1.73. The van der Waals surface area contributed by atoms with Crippen LogP contribution in [0.5, 0.6) is 0 Å². The fourth-order valence-electron chi connectivity index (χ4n) is 2.72. The van der Waals surface area contributed by atoms with Crippen molar-refractivity contribution in [2.75, 3.05) is 6.54 Å². The van der Waals surface area contributed by atoms with Gasteiger partial charge in [-0.25, -0.2) is 4.98 Å². The Kier molecular flexibility index (Phi) is 2.98. The zero-order chi connectivity index (χ0) is 13.4. The molecule has 0 saturated carbocycles. The fourth-order valence-corrected chi connectivity index (χ4v) is 3.59. The molecular weight excluding hydrogens is 266 g/mol. The number of pyridine rings is 1. The van der Waals surface area contributed by atoms with Crippen LogP contribution in [0, 0.1) is 0 Å². The molecule has 4 heteroatoms. The van der Waals surface area contributed by atoms with E-state index in [1.807, 2.05) is 12.3 Å². The lowest BCUT2D eigenvalue weighted by Gasteiger charge is -2.05. The third-order valence-corrected chi connectivity index (χ3v) is 4.70. The molecule has 20 heavy (non-hydrogen) atoms. The lowest BCUT2D eigenvalue weighted by molar-refractivity contribution is 0.632. The molecule has 1 fully saturated rings. The largest absolute Gasteiger partial charge is 0.309 e. The quantitative estimate of drug-likeness (QED) is 0.776. The molecule has 0 aliphatic carbocycles. The fraction of sp³-hybridized carbons (Fsp3) is 0.250. The maximum atomic E-state index is 4.80. The molecule has 3 nitrogen and oxygen atoms in total. The van der Waals surface area contributed by atoms with Crippen molar-refractivity contribution in [1.29, 1.82) is 0 Å². The van der Waals surface area contributed by atoms with E-state index in [0.717, 1.165) is 17.1 Å². The molecule has 1 aliphatic heterocycles. The Morgan fingerprint density at radius 2 is 2.25 bits per heavy atom. The predicted octanol–water partition coefficient (Wildman–Crippen LogP) is 3.78. The van der Waals surface area contributed by atoms with Crippen LogP contribution in [0.3, 0.4) is 0 Å². The molecule has 1 atom stereocenters.